The molecule has 1 fully saturated rings. The number of methoxy groups -OCH3 is 1. The molecule has 1 N–H and O–H groups in total. The van der Waals surface area contributed by atoms with Crippen LogP contribution in [-0.2, 0) is 4.79 Å². The van der Waals surface area contributed by atoms with E-state index in [1.807, 2.05) is 18.2 Å². The van der Waals surface area contributed by atoms with Crippen LogP contribution in [0, 0.1) is 5.92 Å². The van der Waals surface area contributed by atoms with Crippen LogP contribution in [0.2, 0.25) is 0 Å². The van der Waals surface area contributed by atoms with Crippen LogP contribution >= 0.6 is 11.3 Å². The molecule has 1 amide bonds. The fourth-order valence-corrected chi connectivity index (χ4v) is 3.33. The Hall–Kier alpha value is -2.08. The smallest absolute Gasteiger partial charge is 0.226 e. The summed E-state index contributed by atoms with van der Waals surface area (Å²) < 4.78 is 6.43. The molecule has 1 aliphatic rings. The lowest BCUT2D eigenvalue weighted by Crippen LogP contribution is -2.53. The van der Waals surface area contributed by atoms with Crippen molar-refractivity contribution in [1.82, 2.24) is 10.3 Å². The maximum absolute atomic E-state index is 11.8. The number of benzene rings is 1. The molecule has 0 spiro atoms. The number of amides is 1. The molecule has 0 bridgehead atoms. The zero-order valence-corrected chi connectivity index (χ0v) is 12.7. The molecule has 2 aromatic rings. The standard InChI is InChI=1S/C15H17N3O2S/c1-3-7-16-14(19)10-8-18(9-10)15-17-13-11(20-2)5-4-6-12(13)21-15/h3-6,10H,1,7-9H2,2H3,(H,16,19). The van der Waals surface area contributed by atoms with Crippen LogP contribution < -0.4 is 15.0 Å². The number of rotatable bonds is 5. The van der Waals surface area contributed by atoms with Gasteiger partial charge in [0.15, 0.2) is 5.13 Å². The maximum Gasteiger partial charge on any atom is 0.226 e. The van der Waals surface area contributed by atoms with E-state index in [-0.39, 0.29) is 11.8 Å². The topological polar surface area (TPSA) is 54.5 Å². The van der Waals surface area contributed by atoms with E-state index in [1.54, 1.807) is 24.5 Å². The number of para-hydroxylation sites is 1. The van der Waals surface area contributed by atoms with Crippen LogP contribution in [0.5, 0.6) is 5.75 Å². The normalized spacial score (nSPS) is 14.8. The Labute approximate surface area is 127 Å². The third-order valence-electron chi connectivity index (χ3n) is 3.53. The first-order chi connectivity index (χ1) is 10.2. The Morgan fingerprint density at radius 1 is 1.62 bits per heavy atom. The minimum Gasteiger partial charge on any atom is -0.494 e. The minimum absolute atomic E-state index is 0.0406. The molecule has 110 valence electrons. The second kappa shape index (κ2) is 5.73. The number of nitrogens with zero attached hydrogens (tertiary/aromatic N) is 2. The predicted molar refractivity (Wildman–Crippen MR) is 85.1 cm³/mol. The van der Waals surface area contributed by atoms with Gasteiger partial charge in [-0.15, -0.1) is 6.58 Å². The number of hydrogen-bond donors (Lipinski definition) is 1. The summed E-state index contributed by atoms with van der Waals surface area (Å²) in [5, 5.41) is 3.78. The van der Waals surface area contributed by atoms with E-state index in [0.29, 0.717) is 19.6 Å². The Morgan fingerprint density at radius 2 is 2.43 bits per heavy atom. The zero-order chi connectivity index (χ0) is 14.8. The minimum atomic E-state index is 0.0406. The Kier molecular flexibility index (Phi) is 3.79. The summed E-state index contributed by atoms with van der Waals surface area (Å²) in [7, 11) is 1.65. The summed E-state index contributed by atoms with van der Waals surface area (Å²) in [4.78, 5) is 18.6. The van der Waals surface area contributed by atoms with Crippen molar-refractivity contribution in [3.8, 4) is 5.75 Å². The monoisotopic (exact) mass is 303 g/mol. The van der Waals surface area contributed by atoms with Gasteiger partial charge in [0, 0.05) is 19.6 Å². The third kappa shape index (κ3) is 2.58. The number of hydrogen-bond acceptors (Lipinski definition) is 5. The molecule has 5 nitrogen and oxygen atoms in total. The van der Waals surface area contributed by atoms with Gasteiger partial charge in [0.2, 0.25) is 5.91 Å². The first-order valence-corrected chi connectivity index (χ1v) is 7.61. The van der Waals surface area contributed by atoms with Gasteiger partial charge in [0.1, 0.15) is 11.3 Å². The van der Waals surface area contributed by atoms with E-state index in [4.69, 9.17) is 4.74 Å². The van der Waals surface area contributed by atoms with Crippen molar-refractivity contribution >= 4 is 32.6 Å². The van der Waals surface area contributed by atoms with E-state index in [9.17, 15) is 4.79 Å². The van der Waals surface area contributed by atoms with E-state index >= 15 is 0 Å². The molecule has 0 aliphatic carbocycles. The molecular weight excluding hydrogens is 286 g/mol. The van der Waals surface area contributed by atoms with Crippen molar-refractivity contribution in [1.29, 1.82) is 0 Å². The second-order valence-corrected chi connectivity index (χ2v) is 5.95. The van der Waals surface area contributed by atoms with Crippen molar-refractivity contribution in [3.05, 3.63) is 30.9 Å². The number of ether oxygens (including phenoxy) is 1. The van der Waals surface area contributed by atoms with Gasteiger partial charge >= 0.3 is 0 Å². The largest absolute Gasteiger partial charge is 0.494 e. The highest BCUT2D eigenvalue weighted by molar-refractivity contribution is 7.22. The molecule has 6 heteroatoms. The number of carbonyl (C=O) groups is 1. The van der Waals surface area contributed by atoms with Gasteiger partial charge < -0.3 is 15.0 Å². The van der Waals surface area contributed by atoms with Crippen molar-refractivity contribution < 1.29 is 9.53 Å². The van der Waals surface area contributed by atoms with Gasteiger partial charge in [0.05, 0.1) is 17.7 Å². The van der Waals surface area contributed by atoms with Gasteiger partial charge in [-0.05, 0) is 12.1 Å². The summed E-state index contributed by atoms with van der Waals surface area (Å²) in [5.41, 5.74) is 0.888. The molecule has 1 saturated heterocycles. The van der Waals surface area contributed by atoms with Crippen LogP contribution in [0.15, 0.2) is 30.9 Å². The molecule has 0 saturated carbocycles. The Bertz CT molecular complexity index is 677. The highest BCUT2D eigenvalue weighted by Gasteiger charge is 2.34. The van der Waals surface area contributed by atoms with E-state index in [1.165, 1.54) is 0 Å². The molecule has 2 heterocycles. The first-order valence-electron chi connectivity index (χ1n) is 6.80. The van der Waals surface area contributed by atoms with Gasteiger partial charge in [-0.1, -0.05) is 23.5 Å². The van der Waals surface area contributed by atoms with Crippen LogP contribution in [-0.4, -0.2) is 37.6 Å². The Morgan fingerprint density at radius 3 is 3.14 bits per heavy atom. The van der Waals surface area contributed by atoms with Gasteiger partial charge in [0.25, 0.3) is 0 Å². The molecule has 0 atom stereocenters. The van der Waals surface area contributed by atoms with Crippen LogP contribution in [0.25, 0.3) is 10.2 Å². The van der Waals surface area contributed by atoms with Crippen molar-refractivity contribution in [3.63, 3.8) is 0 Å². The summed E-state index contributed by atoms with van der Waals surface area (Å²) in [6, 6.07) is 5.91. The molecule has 0 radical (unpaired) electrons. The summed E-state index contributed by atoms with van der Waals surface area (Å²) in [6.07, 6.45) is 1.69. The maximum atomic E-state index is 11.8. The lowest BCUT2D eigenvalue weighted by atomic mass is 10.0. The van der Waals surface area contributed by atoms with E-state index < -0.39 is 0 Å². The molecule has 0 unspecified atom stereocenters. The highest BCUT2D eigenvalue weighted by atomic mass is 32.1. The first kappa shape index (κ1) is 13.9. The summed E-state index contributed by atoms with van der Waals surface area (Å²) in [6.45, 7) is 5.54. The van der Waals surface area contributed by atoms with Crippen molar-refractivity contribution in [2.24, 2.45) is 5.92 Å². The Balaban J connectivity index is 1.70. The van der Waals surface area contributed by atoms with Crippen LogP contribution in [0.1, 0.15) is 0 Å². The number of thiazole rings is 1. The van der Waals surface area contributed by atoms with Crippen molar-refractivity contribution in [2.45, 2.75) is 0 Å². The van der Waals surface area contributed by atoms with Gasteiger partial charge in [-0.3, -0.25) is 4.79 Å². The van der Waals surface area contributed by atoms with E-state index in [2.05, 4.69) is 21.8 Å². The molecule has 1 aromatic carbocycles. The summed E-state index contributed by atoms with van der Waals surface area (Å²) >= 11 is 1.63. The molecule has 3 rings (SSSR count). The molecular formula is C15H17N3O2S. The fourth-order valence-electron chi connectivity index (χ4n) is 2.33. The van der Waals surface area contributed by atoms with Crippen LogP contribution in [0.4, 0.5) is 5.13 Å². The van der Waals surface area contributed by atoms with Gasteiger partial charge in [-0.25, -0.2) is 4.98 Å². The van der Waals surface area contributed by atoms with Gasteiger partial charge in [-0.2, -0.15) is 0 Å². The number of aromatic nitrogens is 1. The zero-order valence-electron chi connectivity index (χ0n) is 11.8. The lowest BCUT2D eigenvalue weighted by Gasteiger charge is -2.37. The molecule has 1 aliphatic heterocycles. The quantitative estimate of drug-likeness (QED) is 0.859. The molecule has 21 heavy (non-hydrogen) atoms. The van der Waals surface area contributed by atoms with E-state index in [0.717, 1.165) is 21.1 Å². The van der Waals surface area contributed by atoms with Crippen molar-refractivity contribution in [2.75, 3.05) is 31.6 Å². The number of nitrogens with one attached hydrogen (secondary N) is 1. The second-order valence-electron chi connectivity index (χ2n) is 4.94. The number of fused-ring (bicyclic) bond motifs is 1. The molecule has 1 aromatic heterocycles. The average molecular weight is 303 g/mol. The fraction of sp³-hybridized carbons (Fsp3) is 0.333. The predicted octanol–water partition coefficient (Wildman–Crippen LogP) is 2.04. The number of anilines is 1. The SMILES string of the molecule is C=CCNC(=O)C1CN(c2nc3c(OC)cccc3s2)C1. The third-order valence-corrected chi connectivity index (χ3v) is 4.62. The summed E-state index contributed by atoms with van der Waals surface area (Å²) in [5.74, 6) is 0.916. The number of carbonyl (C=O) groups excluding carboxylic acids is 1. The average Bonchev–Trinajstić information content (AvgIpc) is 2.86. The highest BCUT2D eigenvalue weighted by Crippen LogP contribution is 2.36. The lowest BCUT2D eigenvalue weighted by molar-refractivity contribution is -0.125. The van der Waals surface area contributed by atoms with Crippen LogP contribution in [0.3, 0.4) is 0 Å².